The van der Waals surface area contributed by atoms with Crippen LogP contribution < -0.4 is 0 Å². The van der Waals surface area contributed by atoms with E-state index in [9.17, 15) is 9.90 Å². The molecule has 3 unspecified atom stereocenters. The van der Waals surface area contributed by atoms with Crippen LogP contribution in [0.25, 0.3) is 0 Å². The molecule has 0 radical (unpaired) electrons. The van der Waals surface area contributed by atoms with Gasteiger partial charge in [-0.2, -0.15) is 0 Å². The van der Waals surface area contributed by atoms with Crippen LogP contribution in [-0.2, 0) is 4.79 Å². The van der Waals surface area contributed by atoms with E-state index in [2.05, 4.69) is 32.6 Å². The molecule has 1 N–H and O–H groups in total. The molecule has 0 saturated heterocycles. The lowest BCUT2D eigenvalue weighted by Crippen LogP contribution is -2.47. The summed E-state index contributed by atoms with van der Waals surface area (Å²) in [5, 5.41) is 9.32. The van der Waals surface area contributed by atoms with Crippen LogP contribution in [0, 0.1) is 17.3 Å². The first-order valence-corrected chi connectivity index (χ1v) is 6.70. The maximum absolute atomic E-state index is 11.3. The number of carboxylic acid groups (broad SMARTS) is 1. The lowest BCUT2D eigenvalue weighted by atomic mass is 9.67. The first-order valence-electron chi connectivity index (χ1n) is 6.70. The van der Waals surface area contributed by atoms with Crippen molar-refractivity contribution in [3.63, 3.8) is 0 Å². The van der Waals surface area contributed by atoms with Crippen LogP contribution >= 0.6 is 0 Å². The number of hydrogen-bond acceptors (Lipinski definition) is 2. The number of rotatable bonds is 3. The van der Waals surface area contributed by atoms with Gasteiger partial charge in [-0.1, -0.05) is 27.7 Å². The fourth-order valence-electron chi connectivity index (χ4n) is 2.94. The summed E-state index contributed by atoms with van der Waals surface area (Å²) in [4.78, 5) is 13.5. The van der Waals surface area contributed by atoms with Gasteiger partial charge in [0.1, 0.15) is 0 Å². The van der Waals surface area contributed by atoms with Gasteiger partial charge in [-0.3, -0.25) is 4.79 Å². The molecule has 1 aliphatic carbocycles. The molecule has 0 amide bonds. The highest BCUT2D eigenvalue weighted by atomic mass is 16.4. The van der Waals surface area contributed by atoms with Gasteiger partial charge in [-0.05, 0) is 44.2 Å². The predicted octanol–water partition coefficient (Wildman–Crippen LogP) is 2.85. The molecule has 1 rings (SSSR count). The molecule has 0 bridgehead atoms. The first kappa shape index (κ1) is 14.5. The Bertz CT molecular complexity index is 270. The van der Waals surface area contributed by atoms with Gasteiger partial charge in [0.15, 0.2) is 0 Å². The number of aliphatic carboxylic acids is 1. The predicted molar refractivity (Wildman–Crippen MR) is 70.0 cm³/mol. The van der Waals surface area contributed by atoms with Crippen LogP contribution in [0.4, 0.5) is 0 Å². The Balaban J connectivity index is 2.80. The molecular formula is C14H27NO2. The molecule has 0 heterocycles. The molecule has 0 aliphatic heterocycles. The van der Waals surface area contributed by atoms with Crippen molar-refractivity contribution in [1.82, 2.24) is 4.90 Å². The zero-order chi connectivity index (χ0) is 13.2. The SMILES string of the molecule is CCN(C)C1CC(C(C)(C)C)CCC1C(=O)O. The molecule has 100 valence electrons. The second-order valence-corrected chi connectivity index (χ2v) is 6.46. The van der Waals surface area contributed by atoms with Gasteiger partial charge in [-0.15, -0.1) is 0 Å². The van der Waals surface area contributed by atoms with E-state index in [0.717, 1.165) is 25.8 Å². The molecule has 3 nitrogen and oxygen atoms in total. The molecule has 0 aromatic heterocycles. The third kappa shape index (κ3) is 3.44. The average molecular weight is 241 g/mol. The van der Waals surface area contributed by atoms with Crippen LogP contribution in [0.1, 0.15) is 47.0 Å². The van der Waals surface area contributed by atoms with Crippen molar-refractivity contribution in [2.24, 2.45) is 17.3 Å². The quantitative estimate of drug-likeness (QED) is 0.826. The molecule has 3 atom stereocenters. The van der Waals surface area contributed by atoms with Crippen molar-refractivity contribution >= 4 is 5.97 Å². The Kier molecular flexibility index (Phi) is 4.59. The molecule has 0 spiro atoms. The van der Waals surface area contributed by atoms with Crippen molar-refractivity contribution in [2.75, 3.05) is 13.6 Å². The van der Waals surface area contributed by atoms with E-state index in [4.69, 9.17) is 0 Å². The van der Waals surface area contributed by atoms with Gasteiger partial charge in [-0.25, -0.2) is 0 Å². The van der Waals surface area contributed by atoms with Gasteiger partial charge < -0.3 is 10.0 Å². The third-order valence-corrected chi connectivity index (χ3v) is 4.42. The second kappa shape index (κ2) is 5.38. The number of carboxylic acids is 1. The van der Waals surface area contributed by atoms with E-state index in [0.29, 0.717) is 5.92 Å². The molecule has 1 fully saturated rings. The molecule has 3 heteroatoms. The normalized spacial score (nSPS) is 30.6. The van der Waals surface area contributed by atoms with Crippen molar-refractivity contribution in [1.29, 1.82) is 0 Å². The van der Waals surface area contributed by atoms with E-state index in [1.165, 1.54) is 0 Å². The van der Waals surface area contributed by atoms with Gasteiger partial charge in [0.05, 0.1) is 5.92 Å². The minimum absolute atomic E-state index is 0.182. The largest absolute Gasteiger partial charge is 0.481 e. The van der Waals surface area contributed by atoms with Crippen molar-refractivity contribution in [3.8, 4) is 0 Å². The summed E-state index contributed by atoms with van der Waals surface area (Å²) in [6.45, 7) is 9.82. The molecule has 0 aromatic rings. The highest BCUT2D eigenvalue weighted by Gasteiger charge is 2.40. The standard InChI is InChI=1S/C14H27NO2/c1-6-15(5)12-9-10(14(2,3)4)7-8-11(12)13(16)17/h10-12H,6-9H2,1-5H3,(H,16,17). The Hall–Kier alpha value is -0.570. The van der Waals surface area contributed by atoms with E-state index in [-0.39, 0.29) is 17.4 Å². The summed E-state index contributed by atoms with van der Waals surface area (Å²) >= 11 is 0. The fraction of sp³-hybridized carbons (Fsp3) is 0.929. The van der Waals surface area contributed by atoms with E-state index < -0.39 is 5.97 Å². The summed E-state index contributed by atoms with van der Waals surface area (Å²) in [5.74, 6) is -0.168. The third-order valence-electron chi connectivity index (χ3n) is 4.42. The van der Waals surface area contributed by atoms with E-state index >= 15 is 0 Å². The molecule has 0 aromatic carbocycles. The van der Waals surface area contributed by atoms with E-state index in [1.54, 1.807) is 0 Å². The Morgan fingerprint density at radius 3 is 2.35 bits per heavy atom. The van der Waals surface area contributed by atoms with E-state index in [1.807, 2.05) is 7.05 Å². The minimum atomic E-state index is -0.623. The fourth-order valence-corrected chi connectivity index (χ4v) is 2.94. The summed E-state index contributed by atoms with van der Waals surface area (Å²) < 4.78 is 0. The minimum Gasteiger partial charge on any atom is -0.481 e. The van der Waals surface area contributed by atoms with Gasteiger partial charge >= 0.3 is 5.97 Å². The molecule has 1 saturated carbocycles. The molecular weight excluding hydrogens is 214 g/mol. The highest BCUT2D eigenvalue weighted by Crippen LogP contribution is 2.41. The zero-order valence-corrected chi connectivity index (χ0v) is 11.9. The first-order chi connectivity index (χ1) is 7.77. The van der Waals surface area contributed by atoms with Crippen LogP contribution in [0.2, 0.25) is 0 Å². The number of hydrogen-bond donors (Lipinski definition) is 1. The lowest BCUT2D eigenvalue weighted by Gasteiger charge is -2.43. The zero-order valence-electron chi connectivity index (χ0n) is 11.9. The Labute approximate surface area is 105 Å². The smallest absolute Gasteiger partial charge is 0.308 e. The van der Waals surface area contributed by atoms with Crippen LogP contribution in [0.15, 0.2) is 0 Å². The molecule has 17 heavy (non-hydrogen) atoms. The monoisotopic (exact) mass is 241 g/mol. The van der Waals surface area contributed by atoms with Crippen LogP contribution in [0.5, 0.6) is 0 Å². The Morgan fingerprint density at radius 2 is 1.94 bits per heavy atom. The maximum Gasteiger partial charge on any atom is 0.308 e. The van der Waals surface area contributed by atoms with Gasteiger partial charge in [0, 0.05) is 6.04 Å². The maximum atomic E-state index is 11.3. The highest BCUT2D eigenvalue weighted by molar-refractivity contribution is 5.71. The number of nitrogens with zero attached hydrogens (tertiary/aromatic N) is 1. The summed E-state index contributed by atoms with van der Waals surface area (Å²) in [6, 6.07) is 0.204. The van der Waals surface area contributed by atoms with Crippen LogP contribution in [-0.4, -0.2) is 35.6 Å². The number of carbonyl (C=O) groups is 1. The average Bonchev–Trinajstić information content (AvgIpc) is 2.25. The van der Waals surface area contributed by atoms with Crippen molar-refractivity contribution in [3.05, 3.63) is 0 Å². The topological polar surface area (TPSA) is 40.5 Å². The van der Waals surface area contributed by atoms with Gasteiger partial charge in [0.25, 0.3) is 0 Å². The lowest BCUT2D eigenvalue weighted by molar-refractivity contribution is -0.146. The van der Waals surface area contributed by atoms with Crippen LogP contribution in [0.3, 0.4) is 0 Å². The van der Waals surface area contributed by atoms with Gasteiger partial charge in [0.2, 0.25) is 0 Å². The summed E-state index contributed by atoms with van der Waals surface area (Å²) in [5.41, 5.74) is 0.288. The summed E-state index contributed by atoms with van der Waals surface area (Å²) in [7, 11) is 2.05. The van der Waals surface area contributed by atoms with Crippen molar-refractivity contribution < 1.29 is 9.90 Å². The molecule has 1 aliphatic rings. The second-order valence-electron chi connectivity index (χ2n) is 6.46. The van der Waals surface area contributed by atoms with Crippen molar-refractivity contribution in [2.45, 2.75) is 53.0 Å². The Morgan fingerprint density at radius 1 is 1.35 bits per heavy atom. The summed E-state index contributed by atoms with van der Waals surface area (Å²) in [6.07, 6.45) is 2.89.